The molecule has 1 aromatic rings. The van der Waals surface area contributed by atoms with Crippen LogP contribution >= 0.6 is 11.3 Å². The second kappa shape index (κ2) is 7.56. The molecule has 0 radical (unpaired) electrons. The number of ether oxygens (including phenoxy) is 2. The molecule has 84 valence electrons. The second-order valence-electron chi connectivity index (χ2n) is 3.20. The van der Waals surface area contributed by atoms with Crippen molar-refractivity contribution in [2.24, 2.45) is 0 Å². The van der Waals surface area contributed by atoms with Crippen molar-refractivity contribution in [1.82, 2.24) is 0 Å². The highest BCUT2D eigenvalue weighted by molar-refractivity contribution is 7.07. The Balaban J connectivity index is 2.04. The number of carbonyl (C=O) groups is 1. The molecule has 0 amide bonds. The summed E-state index contributed by atoms with van der Waals surface area (Å²) in [5.41, 5.74) is 1.10. The lowest BCUT2D eigenvalue weighted by Crippen LogP contribution is -2.09. The fraction of sp³-hybridized carbons (Fsp3) is 0.545. The third kappa shape index (κ3) is 5.67. The topological polar surface area (TPSA) is 35.5 Å². The second-order valence-corrected chi connectivity index (χ2v) is 3.98. The third-order valence-electron chi connectivity index (χ3n) is 1.94. The molecule has 15 heavy (non-hydrogen) atoms. The highest BCUT2D eigenvalue weighted by Gasteiger charge is 2.03. The average molecular weight is 228 g/mol. The predicted octanol–water partition coefficient (Wildman–Crippen LogP) is 1.91. The van der Waals surface area contributed by atoms with Gasteiger partial charge in [0.25, 0.3) is 0 Å². The van der Waals surface area contributed by atoms with E-state index >= 15 is 0 Å². The average Bonchev–Trinajstić information content (AvgIpc) is 2.70. The summed E-state index contributed by atoms with van der Waals surface area (Å²) in [4.78, 5) is 11.4. The third-order valence-corrected chi connectivity index (χ3v) is 2.67. The first-order valence-electron chi connectivity index (χ1n) is 4.92. The molecule has 0 aromatic carbocycles. The summed E-state index contributed by atoms with van der Waals surface area (Å²) in [6.07, 6.45) is 1.01. The minimum atomic E-state index is 0.228. The van der Waals surface area contributed by atoms with Gasteiger partial charge in [-0.15, -0.1) is 0 Å². The first-order valence-corrected chi connectivity index (χ1v) is 5.86. The van der Waals surface area contributed by atoms with Gasteiger partial charge in [0.2, 0.25) is 0 Å². The van der Waals surface area contributed by atoms with Crippen molar-refractivity contribution in [3.05, 3.63) is 22.4 Å². The van der Waals surface area contributed by atoms with E-state index in [4.69, 9.17) is 9.47 Å². The Hall–Kier alpha value is -0.710. The lowest BCUT2D eigenvalue weighted by atomic mass is 10.1. The van der Waals surface area contributed by atoms with E-state index in [0.717, 1.165) is 5.56 Å². The van der Waals surface area contributed by atoms with Crippen molar-refractivity contribution in [1.29, 1.82) is 0 Å². The Bertz CT molecular complexity index is 269. The van der Waals surface area contributed by atoms with Gasteiger partial charge < -0.3 is 9.47 Å². The molecule has 0 atom stereocenters. The van der Waals surface area contributed by atoms with Gasteiger partial charge in [0, 0.05) is 20.0 Å². The quantitative estimate of drug-likeness (QED) is 0.638. The molecule has 0 unspecified atom stereocenters. The zero-order chi connectivity index (χ0) is 10.9. The summed E-state index contributed by atoms with van der Waals surface area (Å²) in [5.74, 6) is 0.228. The van der Waals surface area contributed by atoms with Crippen molar-refractivity contribution in [2.75, 3.05) is 26.9 Å². The van der Waals surface area contributed by atoms with Crippen LogP contribution in [0.5, 0.6) is 0 Å². The molecule has 4 heteroatoms. The number of methoxy groups -OCH3 is 1. The summed E-state index contributed by atoms with van der Waals surface area (Å²) >= 11 is 1.62. The molecule has 1 aromatic heterocycles. The molecule has 1 heterocycles. The van der Waals surface area contributed by atoms with Crippen LogP contribution in [0.25, 0.3) is 0 Å². The molecule has 1 rings (SSSR count). The SMILES string of the molecule is COCCOCCC(=O)Cc1ccsc1. The molecule has 0 aliphatic heterocycles. The summed E-state index contributed by atoms with van der Waals surface area (Å²) in [6.45, 7) is 1.63. The van der Waals surface area contributed by atoms with Gasteiger partial charge >= 0.3 is 0 Å². The van der Waals surface area contributed by atoms with Crippen LogP contribution in [0.2, 0.25) is 0 Å². The van der Waals surface area contributed by atoms with E-state index in [-0.39, 0.29) is 5.78 Å². The van der Waals surface area contributed by atoms with Crippen LogP contribution in [0, 0.1) is 0 Å². The molecule has 0 saturated carbocycles. The smallest absolute Gasteiger partial charge is 0.139 e. The van der Waals surface area contributed by atoms with Crippen LogP contribution in [0.1, 0.15) is 12.0 Å². The summed E-state index contributed by atoms with van der Waals surface area (Å²) < 4.78 is 10.0. The Morgan fingerprint density at radius 3 is 2.93 bits per heavy atom. The standard InChI is InChI=1S/C11H16O3S/c1-13-5-6-14-4-2-11(12)8-10-3-7-15-9-10/h3,7,9H,2,4-6,8H2,1H3. The zero-order valence-corrected chi connectivity index (χ0v) is 9.72. The van der Waals surface area contributed by atoms with Crippen molar-refractivity contribution < 1.29 is 14.3 Å². The van der Waals surface area contributed by atoms with E-state index in [0.29, 0.717) is 32.7 Å². The predicted molar refractivity (Wildman–Crippen MR) is 60.3 cm³/mol. The number of thiophene rings is 1. The van der Waals surface area contributed by atoms with Crippen LogP contribution in [0.15, 0.2) is 16.8 Å². The molecular formula is C11H16O3S. The van der Waals surface area contributed by atoms with E-state index < -0.39 is 0 Å². The van der Waals surface area contributed by atoms with Crippen molar-refractivity contribution in [2.45, 2.75) is 12.8 Å². The monoisotopic (exact) mass is 228 g/mol. The number of ketones is 1. The van der Waals surface area contributed by atoms with Gasteiger partial charge in [0.15, 0.2) is 0 Å². The van der Waals surface area contributed by atoms with Gasteiger partial charge in [0.05, 0.1) is 19.8 Å². The van der Waals surface area contributed by atoms with E-state index in [2.05, 4.69) is 0 Å². The van der Waals surface area contributed by atoms with Crippen molar-refractivity contribution >= 4 is 17.1 Å². The number of hydrogen-bond donors (Lipinski definition) is 0. The molecule has 0 N–H and O–H groups in total. The Morgan fingerprint density at radius 1 is 1.40 bits per heavy atom. The van der Waals surface area contributed by atoms with Crippen LogP contribution in [-0.2, 0) is 20.7 Å². The minimum absolute atomic E-state index is 0.228. The summed E-state index contributed by atoms with van der Waals surface area (Å²) in [6, 6.07) is 1.98. The fourth-order valence-electron chi connectivity index (χ4n) is 1.14. The van der Waals surface area contributed by atoms with E-state index in [1.165, 1.54) is 0 Å². The van der Waals surface area contributed by atoms with E-state index in [1.807, 2.05) is 16.8 Å². The molecule has 0 bridgehead atoms. The highest BCUT2D eigenvalue weighted by atomic mass is 32.1. The Kier molecular flexibility index (Phi) is 6.23. The van der Waals surface area contributed by atoms with Crippen molar-refractivity contribution in [3.8, 4) is 0 Å². The summed E-state index contributed by atoms with van der Waals surface area (Å²) in [5, 5.41) is 3.99. The molecule has 0 fully saturated rings. The number of carbonyl (C=O) groups excluding carboxylic acids is 1. The van der Waals surface area contributed by atoms with Crippen molar-refractivity contribution in [3.63, 3.8) is 0 Å². The summed E-state index contributed by atoms with van der Waals surface area (Å²) in [7, 11) is 1.63. The first-order chi connectivity index (χ1) is 7.33. The fourth-order valence-corrected chi connectivity index (χ4v) is 1.81. The molecule has 0 aliphatic rings. The molecule has 0 aliphatic carbocycles. The maximum atomic E-state index is 11.4. The lowest BCUT2D eigenvalue weighted by Gasteiger charge is -2.02. The Labute approximate surface area is 94.0 Å². The maximum Gasteiger partial charge on any atom is 0.139 e. The lowest BCUT2D eigenvalue weighted by molar-refractivity contribution is -0.119. The Morgan fingerprint density at radius 2 is 2.27 bits per heavy atom. The van der Waals surface area contributed by atoms with Gasteiger partial charge in [-0.2, -0.15) is 11.3 Å². The van der Waals surface area contributed by atoms with Gasteiger partial charge in [-0.25, -0.2) is 0 Å². The zero-order valence-electron chi connectivity index (χ0n) is 8.90. The highest BCUT2D eigenvalue weighted by Crippen LogP contribution is 2.07. The van der Waals surface area contributed by atoms with Gasteiger partial charge in [-0.05, 0) is 22.4 Å². The largest absolute Gasteiger partial charge is 0.382 e. The molecule has 0 spiro atoms. The van der Waals surface area contributed by atoms with Crippen LogP contribution in [0.3, 0.4) is 0 Å². The number of Topliss-reactive ketones (excluding diaryl/α,β-unsaturated/α-hetero) is 1. The van der Waals surface area contributed by atoms with Crippen LogP contribution in [-0.4, -0.2) is 32.7 Å². The number of rotatable bonds is 8. The van der Waals surface area contributed by atoms with Gasteiger partial charge in [0.1, 0.15) is 5.78 Å². The molecule has 3 nitrogen and oxygen atoms in total. The first kappa shape index (κ1) is 12.4. The molecular weight excluding hydrogens is 212 g/mol. The minimum Gasteiger partial charge on any atom is -0.382 e. The van der Waals surface area contributed by atoms with Gasteiger partial charge in [-0.3, -0.25) is 4.79 Å². The normalized spacial score (nSPS) is 10.5. The van der Waals surface area contributed by atoms with Crippen LogP contribution in [0.4, 0.5) is 0 Å². The maximum absolute atomic E-state index is 11.4. The number of hydrogen-bond acceptors (Lipinski definition) is 4. The molecule has 0 saturated heterocycles. The van der Waals surface area contributed by atoms with E-state index in [1.54, 1.807) is 18.4 Å². The van der Waals surface area contributed by atoms with Crippen LogP contribution < -0.4 is 0 Å². The van der Waals surface area contributed by atoms with Gasteiger partial charge in [-0.1, -0.05) is 0 Å². The van der Waals surface area contributed by atoms with E-state index in [9.17, 15) is 4.79 Å².